The molecule has 0 fully saturated rings. The van der Waals surface area contributed by atoms with E-state index in [-0.39, 0.29) is 0 Å². The molecule has 0 N–H and O–H groups in total. The molecule has 0 aromatic carbocycles. The minimum Gasteiger partial charge on any atom is -0.126 e. The third-order valence-corrected chi connectivity index (χ3v) is 5.43. The van der Waals surface area contributed by atoms with Gasteiger partial charge in [0.2, 0.25) is 0 Å². The summed E-state index contributed by atoms with van der Waals surface area (Å²) in [6, 6.07) is 0. The van der Waals surface area contributed by atoms with E-state index < -0.39 is 0 Å². The third kappa shape index (κ3) is 11.4. The summed E-state index contributed by atoms with van der Waals surface area (Å²) >= 11 is 5.99. The molecular formula is C21H39Cl. The molecule has 0 aliphatic heterocycles. The summed E-state index contributed by atoms with van der Waals surface area (Å²) < 4.78 is 0. The zero-order valence-corrected chi connectivity index (χ0v) is 16.1. The van der Waals surface area contributed by atoms with Gasteiger partial charge in [0.05, 0.1) is 0 Å². The Morgan fingerprint density at radius 2 is 1.55 bits per heavy atom. The lowest BCUT2D eigenvalue weighted by molar-refractivity contribution is 0.478. The van der Waals surface area contributed by atoms with Crippen LogP contribution in [0.15, 0.2) is 24.8 Å². The fraction of sp³-hybridized carbons (Fsp3) is 0.810. The van der Waals surface area contributed by atoms with Crippen LogP contribution in [0.3, 0.4) is 0 Å². The average molecular weight is 327 g/mol. The van der Waals surface area contributed by atoms with Gasteiger partial charge in [-0.25, -0.2) is 0 Å². The fourth-order valence-electron chi connectivity index (χ4n) is 2.83. The van der Waals surface area contributed by atoms with Gasteiger partial charge >= 0.3 is 0 Å². The van der Waals surface area contributed by atoms with Crippen molar-refractivity contribution in [1.29, 1.82) is 0 Å². The molecule has 0 rings (SSSR count). The highest BCUT2D eigenvalue weighted by Crippen LogP contribution is 2.25. The van der Waals surface area contributed by atoms with Crippen LogP contribution in [0.1, 0.15) is 85.0 Å². The number of alkyl halides is 1. The minimum absolute atomic E-state index is 0.620. The van der Waals surface area contributed by atoms with Crippen LogP contribution in [0, 0.1) is 17.8 Å². The first-order valence-electron chi connectivity index (χ1n) is 9.41. The van der Waals surface area contributed by atoms with E-state index in [1.165, 1.54) is 63.4 Å². The summed E-state index contributed by atoms with van der Waals surface area (Å²) in [4.78, 5) is 0. The molecule has 0 spiro atoms. The molecule has 1 heteroatoms. The molecule has 0 aliphatic carbocycles. The SMILES string of the molecule is C=CC(C)CCCCCCCCC(C)C(=C)CC(CC)CCl. The normalized spacial score (nSPS) is 15.3. The number of allylic oxidation sites excluding steroid dienone is 2. The van der Waals surface area contributed by atoms with Crippen molar-refractivity contribution in [3.8, 4) is 0 Å². The Morgan fingerprint density at radius 1 is 1.00 bits per heavy atom. The van der Waals surface area contributed by atoms with E-state index in [0.717, 1.165) is 12.3 Å². The van der Waals surface area contributed by atoms with Gasteiger partial charge in [-0.3, -0.25) is 0 Å². The van der Waals surface area contributed by atoms with Crippen LogP contribution < -0.4 is 0 Å². The Kier molecular flexibility index (Phi) is 14.2. The molecule has 0 aliphatic rings. The van der Waals surface area contributed by atoms with Crippen molar-refractivity contribution >= 4 is 11.6 Å². The van der Waals surface area contributed by atoms with E-state index in [4.69, 9.17) is 11.6 Å². The number of rotatable bonds is 15. The van der Waals surface area contributed by atoms with Crippen molar-refractivity contribution in [2.24, 2.45) is 17.8 Å². The Labute approximate surface area is 145 Å². The number of unbranched alkanes of at least 4 members (excludes halogenated alkanes) is 5. The maximum Gasteiger partial charge on any atom is 0.0254 e. The molecule has 130 valence electrons. The summed E-state index contributed by atoms with van der Waals surface area (Å²) in [5, 5.41) is 0. The molecule has 0 radical (unpaired) electrons. The smallest absolute Gasteiger partial charge is 0.0254 e. The molecule has 0 saturated heterocycles. The van der Waals surface area contributed by atoms with Crippen LogP contribution in [-0.4, -0.2) is 5.88 Å². The van der Waals surface area contributed by atoms with E-state index in [1.807, 2.05) is 0 Å². The van der Waals surface area contributed by atoms with Crippen molar-refractivity contribution in [1.82, 2.24) is 0 Å². The quantitative estimate of drug-likeness (QED) is 0.164. The molecule has 0 bridgehead atoms. The highest BCUT2D eigenvalue weighted by Gasteiger charge is 2.12. The van der Waals surface area contributed by atoms with Crippen LogP contribution in [0.5, 0.6) is 0 Å². The molecule has 3 atom stereocenters. The van der Waals surface area contributed by atoms with Gasteiger partial charge in [-0.2, -0.15) is 0 Å². The van der Waals surface area contributed by atoms with Gasteiger partial charge in [-0.1, -0.05) is 83.9 Å². The number of hydrogen-bond donors (Lipinski definition) is 0. The highest BCUT2D eigenvalue weighted by molar-refractivity contribution is 6.18. The van der Waals surface area contributed by atoms with Gasteiger partial charge in [-0.15, -0.1) is 18.2 Å². The van der Waals surface area contributed by atoms with Gasteiger partial charge in [0.15, 0.2) is 0 Å². The summed E-state index contributed by atoms with van der Waals surface area (Å²) in [6.07, 6.45) is 15.2. The maximum atomic E-state index is 5.99. The van der Waals surface area contributed by atoms with E-state index in [1.54, 1.807) is 0 Å². The highest BCUT2D eigenvalue weighted by atomic mass is 35.5. The van der Waals surface area contributed by atoms with Crippen LogP contribution in [0.4, 0.5) is 0 Å². The standard InChI is InChI=1S/C21H39Cl/c1-6-18(3)14-12-10-8-9-11-13-15-19(4)20(5)16-21(7-2)17-22/h6,18-19,21H,1,5,7-17H2,2-4H3. The molecule has 0 amide bonds. The summed E-state index contributed by atoms with van der Waals surface area (Å²) in [5.41, 5.74) is 1.41. The minimum atomic E-state index is 0.620. The van der Waals surface area contributed by atoms with Gasteiger partial charge in [0.1, 0.15) is 0 Å². The first kappa shape index (κ1) is 21.8. The number of halogens is 1. The lowest BCUT2D eigenvalue weighted by Crippen LogP contribution is -2.07. The van der Waals surface area contributed by atoms with E-state index in [9.17, 15) is 0 Å². The predicted octanol–water partition coefficient (Wildman–Crippen LogP) is 7.78. The average Bonchev–Trinajstić information content (AvgIpc) is 2.53. The molecule has 3 unspecified atom stereocenters. The first-order valence-corrected chi connectivity index (χ1v) is 9.94. The van der Waals surface area contributed by atoms with Crippen LogP contribution in [0.2, 0.25) is 0 Å². The second kappa shape index (κ2) is 14.4. The zero-order valence-electron chi connectivity index (χ0n) is 15.4. The maximum absolute atomic E-state index is 5.99. The summed E-state index contributed by atoms with van der Waals surface area (Å²) in [6.45, 7) is 14.9. The van der Waals surface area contributed by atoms with Crippen molar-refractivity contribution < 1.29 is 0 Å². The Bertz CT molecular complexity index is 278. The van der Waals surface area contributed by atoms with Crippen LogP contribution in [-0.2, 0) is 0 Å². The molecule has 0 saturated carbocycles. The lowest BCUT2D eigenvalue weighted by atomic mass is 9.88. The third-order valence-electron chi connectivity index (χ3n) is 4.99. The van der Waals surface area contributed by atoms with Crippen molar-refractivity contribution in [3.63, 3.8) is 0 Å². The summed E-state index contributed by atoms with van der Waals surface area (Å²) in [7, 11) is 0. The molecule has 0 aromatic rings. The summed E-state index contributed by atoms with van der Waals surface area (Å²) in [5.74, 6) is 2.74. The molecule has 0 heterocycles. The molecule has 0 aromatic heterocycles. The van der Waals surface area contributed by atoms with Gasteiger partial charge in [-0.05, 0) is 37.0 Å². The van der Waals surface area contributed by atoms with E-state index in [0.29, 0.717) is 17.8 Å². The Hall–Kier alpha value is -0.230. The van der Waals surface area contributed by atoms with Crippen LogP contribution >= 0.6 is 11.6 Å². The second-order valence-electron chi connectivity index (χ2n) is 7.10. The first-order chi connectivity index (χ1) is 10.5. The zero-order chi connectivity index (χ0) is 16.8. The van der Waals surface area contributed by atoms with Gasteiger partial charge in [0.25, 0.3) is 0 Å². The molecule has 0 nitrogen and oxygen atoms in total. The van der Waals surface area contributed by atoms with Crippen LogP contribution in [0.25, 0.3) is 0 Å². The van der Waals surface area contributed by atoms with Crippen molar-refractivity contribution in [2.75, 3.05) is 5.88 Å². The fourth-order valence-corrected chi connectivity index (χ4v) is 3.15. The van der Waals surface area contributed by atoms with Crippen molar-refractivity contribution in [2.45, 2.75) is 85.0 Å². The van der Waals surface area contributed by atoms with Gasteiger partial charge in [0, 0.05) is 5.88 Å². The molecular weight excluding hydrogens is 288 g/mol. The topological polar surface area (TPSA) is 0 Å². The number of hydrogen-bond acceptors (Lipinski definition) is 0. The van der Waals surface area contributed by atoms with E-state index >= 15 is 0 Å². The monoisotopic (exact) mass is 326 g/mol. The van der Waals surface area contributed by atoms with E-state index in [2.05, 4.69) is 40.0 Å². The molecule has 22 heavy (non-hydrogen) atoms. The largest absolute Gasteiger partial charge is 0.126 e. The Balaban J connectivity index is 3.54. The van der Waals surface area contributed by atoms with Gasteiger partial charge < -0.3 is 0 Å². The van der Waals surface area contributed by atoms with Crippen molar-refractivity contribution in [3.05, 3.63) is 24.8 Å². The Morgan fingerprint density at radius 3 is 2.05 bits per heavy atom. The predicted molar refractivity (Wildman–Crippen MR) is 104 cm³/mol. The lowest BCUT2D eigenvalue weighted by Gasteiger charge is -2.19. The second-order valence-corrected chi connectivity index (χ2v) is 7.41.